The van der Waals surface area contributed by atoms with Crippen LogP contribution < -0.4 is 5.32 Å². The monoisotopic (exact) mass is 312 g/mol. The molecule has 0 atom stereocenters. The molecule has 0 aliphatic carbocycles. The van der Waals surface area contributed by atoms with Crippen molar-refractivity contribution in [1.82, 2.24) is 9.72 Å². The van der Waals surface area contributed by atoms with Gasteiger partial charge in [0.15, 0.2) is 0 Å². The Morgan fingerprint density at radius 1 is 1.17 bits per heavy atom. The van der Waals surface area contributed by atoms with Crippen LogP contribution in [0, 0.1) is 0 Å². The van der Waals surface area contributed by atoms with E-state index in [-0.39, 0.29) is 19.1 Å². The van der Waals surface area contributed by atoms with E-state index >= 15 is 0 Å². The zero-order valence-corrected chi connectivity index (χ0v) is 12.6. The van der Waals surface area contributed by atoms with Crippen molar-refractivity contribution in [1.29, 1.82) is 0 Å². The summed E-state index contributed by atoms with van der Waals surface area (Å²) < 4.78 is 6.68. The number of nitrogens with zero attached hydrogens (tertiary/aromatic N) is 1. The summed E-state index contributed by atoms with van der Waals surface area (Å²) in [5.74, 6) is -0.695. The Hall–Kier alpha value is -2.86. The van der Waals surface area contributed by atoms with Gasteiger partial charge in [0.25, 0.3) is 5.91 Å². The summed E-state index contributed by atoms with van der Waals surface area (Å²) >= 11 is 0. The maximum atomic E-state index is 12.1. The number of fused-ring (bicyclic) bond motifs is 3. The van der Waals surface area contributed by atoms with Crippen LogP contribution in [0.4, 0.5) is 0 Å². The van der Waals surface area contributed by atoms with Gasteiger partial charge in [-0.3, -0.25) is 4.79 Å². The zero-order valence-electron chi connectivity index (χ0n) is 12.6. The molecule has 118 valence electrons. The molecule has 2 aromatic heterocycles. The summed E-state index contributed by atoms with van der Waals surface area (Å²) in [6, 6.07) is 10.8. The fraction of sp³-hybridized carbons (Fsp3) is 0.176. The number of methoxy groups -OCH3 is 1. The Morgan fingerprint density at radius 2 is 1.96 bits per heavy atom. The Balaban J connectivity index is 2.21. The highest BCUT2D eigenvalue weighted by Gasteiger charge is 2.19. The molecule has 0 aliphatic rings. The Morgan fingerprint density at radius 3 is 2.70 bits per heavy atom. The van der Waals surface area contributed by atoms with Crippen molar-refractivity contribution < 1.29 is 19.4 Å². The van der Waals surface area contributed by atoms with Crippen molar-refractivity contribution in [3.8, 4) is 0 Å². The van der Waals surface area contributed by atoms with Crippen LogP contribution in [0.1, 0.15) is 20.7 Å². The number of ether oxygens (including phenoxy) is 1. The van der Waals surface area contributed by atoms with Crippen LogP contribution in [0.15, 0.2) is 42.6 Å². The number of esters is 1. The van der Waals surface area contributed by atoms with Gasteiger partial charge in [0.2, 0.25) is 0 Å². The van der Waals surface area contributed by atoms with E-state index in [4.69, 9.17) is 9.84 Å². The van der Waals surface area contributed by atoms with Crippen molar-refractivity contribution in [2.24, 2.45) is 0 Å². The highest BCUT2D eigenvalue weighted by molar-refractivity contribution is 6.12. The first-order chi connectivity index (χ1) is 11.2. The molecule has 6 heteroatoms. The second kappa shape index (κ2) is 6.10. The fourth-order valence-electron chi connectivity index (χ4n) is 2.66. The van der Waals surface area contributed by atoms with Gasteiger partial charge < -0.3 is 19.6 Å². The van der Waals surface area contributed by atoms with Crippen LogP contribution in [0.25, 0.3) is 16.4 Å². The van der Waals surface area contributed by atoms with Gasteiger partial charge in [0.05, 0.1) is 35.9 Å². The van der Waals surface area contributed by atoms with Crippen molar-refractivity contribution in [3.63, 3.8) is 0 Å². The lowest BCUT2D eigenvalue weighted by molar-refractivity contribution is 0.0605. The minimum Gasteiger partial charge on any atom is -0.465 e. The lowest BCUT2D eigenvalue weighted by atomic mass is 10.1. The molecule has 0 fully saturated rings. The molecule has 0 aliphatic heterocycles. The quantitative estimate of drug-likeness (QED) is 0.717. The van der Waals surface area contributed by atoms with Crippen LogP contribution in [0.3, 0.4) is 0 Å². The normalized spacial score (nSPS) is 10.9. The van der Waals surface area contributed by atoms with Gasteiger partial charge >= 0.3 is 5.97 Å². The minimum absolute atomic E-state index is 0.118. The van der Waals surface area contributed by atoms with Crippen LogP contribution in [-0.2, 0) is 4.74 Å². The average Bonchev–Trinajstić information content (AvgIpc) is 2.92. The maximum Gasteiger partial charge on any atom is 0.340 e. The van der Waals surface area contributed by atoms with Crippen molar-refractivity contribution >= 4 is 28.3 Å². The van der Waals surface area contributed by atoms with E-state index in [2.05, 4.69) is 5.32 Å². The molecule has 3 rings (SSSR count). The summed E-state index contributed by atoms with van der Waals surface area (Å²) in [5, 5.41) is 12.2. The summed E-state index contributed by atoms with van der Waals surface area (Å²) in [4.78, 5) is 24.2. The molecule has 23 heavy (non-hydrogen) atoms. The third-order valence-corrected chi connectivity index (χ3v) is 3.69. The Bertz CT molecular complexity index is 898. The zero-order chi connectivity index (χ0) is 16.4. The number of pyridine rings is 1. The molecule has 0 saturated heterocycles. The molecule has 2 N–H and O–H groups in total. The molecule has 3 aromatic rings. The topological polar surface area (TPSA) is 80.0 Å². The molecule has 0 spiro atoms. The molecule has 1 amide bonds. The van der Waals surface area contributed by atoms with E-state index in [9.17, 15) is 9.59 Å². The number of aliphatic hydroxyl groups excluding tert-OH is 1. The van der Waals surface area contributed by atoms with Crippen LogP contribution >= 0.6 is 0 Å². The molecule has 0 unspecified atom stereocenters. The van der Waals surface area contributed by atoms with Crippen molar-refractivity contribution in [2.45, 2.75) is 0 Å². The molecule has 0 radical (unpaired) electrons. The summed E-state index contributed by atoms with van der Waals surface area (Å²) in [6.45, 7) is 0.0730. The number of nitrogens with one attached hydrogen (secondary N) is 1. The number of aromatic nitrogens is 1. The van der Waals surface area contributed by atoms with Crippen LogP contribution in [0.5, 0.6) is 0 Å². The Kier molecular flexibility index (Phi) is 3.99. The van der Waals surface area contributed by atoms with E-state index < -0.39 is 5.97 Å². The van der Waals surface area contributed by atoms with Crippen LogP contribution in [-0.4, -0.2) is 41.6 Å². The van der Waals surface area contributed by atoms with Gasteiger partial charge in [0.1, 0.15) is 0 Å². The SMILES string of the molecule is COC(=O)c1c2ccccc2n2cc(C(=O)NCCO)ccc12. The van der Waals surface area contributed by atoms with E-state index in [0.29, 0.717) is 16.6 Å². The second-order valence-electron chi connectivity index (χ2n) is 5.04. The maximum absolute atomic E-state index is 12.1. The third-order valence-electron chi connectivity index (χ3n) is 3.69. The largest absolute Gasteiger partial charge is 0.465 e. The summed E-state index contributed by atoms with van der Waals surface area (Å²) in [5.41, 5.74) is 2.42. The first-order valence-corrected chi connectivity index (χ1v) is 7.17. The number of amides is 1. The lowest BCUT2D eigenvalue weighted by Gasteiger charge is -2.05. The first-order valence-electron chi connectivity index (χ1n) is 7.17. The smallest absolute Gasteiger partial charge is 0.340 e. The van der Waals surface area contributed by atoms with E-state index in [1.54, 1.807) is 22.7 Å². The average molecular weight is 312 g/mol. The second-order valence-corrected chi connectivity index (χ2v) is 5.04. The minimum atomic E-state index is -0.416. The highest BCUT2D eigenvalue weighted by atomic mass is 16.5. The Labute approximate surface area is 132 Å². The number of hydrogen-bond acceptors (Lipinski definition) is 4. The number of carbonyl (C=O) groups is 2. The molecule has 2 heterocycles. The number of aliphatic hydroxyl groups is 1. The van der Waals surface area contributed by atoms with Gasteiger partial charge in [-0.2, -0.15) is 0 Å². The highest BCUT2D eigenvalue weighted by Crippen LogP contribution is 2.27. The number of carbonyl (C=O) groups excluding carboxylic acids is 2. The predicted octanol–water partition coefficient (Wildman–Crippen LogP) is 1.60. The number of para-hydroxylation sites is 1. The van der Waals surface area contributed by atoms with Crippen LogP contribution in [0.2, 0.25) is 0 Å². The van der Waals surface area contributed by atoms with E-state index in [1.165, 1.54) is 7.11 Å². The number of hydrogen-bond donors (Lipinski definition) is 2. The van der Waals surface area contributed by atoms with Gasteiger partial charge in [-0.1, -0.05) is 18.2 Å². The molecule has 0 bridgehead atoms. The number of rotatable bonds is 4. The van der Waals surface area contributed by atoms with Gasteiger partial charge in [-0.25, -0.2) is 4.79 Å². The van der Waals surface area contributed by atoms with Gasteiger partial charge in [0, 0.05) is 18.1 Å². The molecule has 1 aromatic carbocycles. The molecular formula is C17H16N2O4. The van der Waals surface area contributed by atoms with Gasteiger partial charge in [-0.15, -0.1) is 0 Å². The first kappa shape index (κ1) is 15.1. The third kappa shape index (κ3) is 2.53. The predicted molar refractivity (Wildman–Crippen MR) is 85.7 cm³/mol. The molecule has 6 nitrogen and oxygen atoms in total. The molecule has 0 saturated carbocycles. The van der Waals surface area contributed by atoms with E-state index in [0.717, 1.165) is 10.9 Å². The fourth-order valence-corrected chi connectivity index (χ4v) is 2.66. The summed E-state index contributed by atoms with van der Waals surface area (Å²) in [6.07, 6.45) is 1.68. The standard InChI is InChI=1S/C17H16N2O4/c1-23-17(22)15-12-4-2-3-5-13(12)19-10-11(6-7-14(15)19)16(21)18-8-9-20/h2-7,10,20H,8-9H2,1H3,(H,18,21). The molecular weight excluding hydrogens is 296 g/mol. The lowest BCUT2D eigenvalue weighted by Crippen LogP contribution is -2.26. The van der Waals surface area contributed by atoms with Crippen molar-refractivity contribution in [2.75, 3.05) is 20.3 Å². The van der Waals surface area contributed by atoms with E-state index in [1.807, 2.05) is 24.3 Å². The van der Waals surface area contributed by atoms with Gasteiger partial charge in [-0.05, 0) is 18.2 Å². The summed E-state index contributed by atoms with van der Waals surface area (Å²) in [7, 11) is 1.34. The van der Waals surface area contributed by atoms with Crippen molar-refractivity contribution in [3.05, 3.63) is 53.7 Å². The number of benzene rings is 1.